The lowest BCUT2D eigenvalue weighted by molar-refractivity contribution is 0.0746. The summed E-state index contributed by atoms with van der Waals surface area (Å²) in [6, 6.07) is 13.1. The van der Waals surface area contributed by atoms with Crippen LogP contribution < -0.4 is 10.2 Å². The minimum Gasteiger partial charge on any atom is -0.353 e. The highest BCUT2D eigenvalue weighted by molar-refractivity contribution is 5.94. The van der Waals surface area contributed by atoms with Crippen LogP contribution in [0.2, 0.25) is 0 Å². The molecule has 1 aromatic heterocycles. The summed E-state index contributed by atoms with van der Waals surface area (Å²) in [4.78, 5) is 32.9. The van der Waals surface area contributed by atoms with E-state index in [1.807, 2.05) is 55.1 Å². The molecule has 0 bridgehead atoms. The van der Waals surface area contributed by atoms with Gasteiger partial charge in [0.25, 0.3) is 11.8 Å². The number of rotatable bonds is 4. The van der Waals surface area contributed by atoms with Gasteiger partial charge in [0.1, 0.15) is 5.82 Å². The van der Waals surface area contributed by atoms with E-state index in [4.69, 9.17) is 0 Å². The highest BCUT2D eigenvalue weighted by Crippen LogP contribution is 2.15. The summed E-state index contributed by atoms with van der Waals surface area (Å²) in [5, 5.41) is 2.86. The highest BCUT2D eigenvalue weighted by Gasteiger charge is 2.22. The molecule has 1 fully saturated rings. The third kappa shape index (κ3) is 4.20. The van der Waals surface area contributed by atoms with Crippen molar-refractivity contribution in [1.82, 2.24) is 15.2 Å². The first-order valence-corrected chi connectivity index (χ1v) is 8.91. The molecule has 26 heavy (non-hydrogen) atoms. The Labute approximate surface area is 153 Å². The monoisotopic (exact) mass is 352 g/mol. The van der Waals surface area contributed by atoms with Crippen molar-refractivity contribution >= 4 is 17.6 Å². The predicted molar refractivity (Wildman–Crippen MR) is 101 cm³/mol. The van der Waals surface area contributed by atoms with Crippen LogP contribution in [-0.4, -0.2) is 53.9 Å². The lowest BCUT2D eigenvalue weighted by Crippen LogP contribution is -2.49. The zero-order chi connectivity index (χ0) is 18.5. The Morgan fingerprint density at radius 3 is 2.23 bits per heavy atom. The number of hydrogen-bond donors (Lipinski definition) is 1. The molecule has 0 saturated carbocycles. The van der Waals surface area contributed by atoms with E-state index in [-0.39, 0.29) is 17.9 Å². The number of nitrogens with one attached hydrogen (secondary N) is 1. The van der Waals surface area contributed by atoms with Gasteiger partial charge in [0.05, 0.1) is 5.56 Å². The lowest BCUT2D eigenvalue weighted by atomic mass is 10.2. The largest absolute Gasteiger partial charge is 0.353 e. The smallest absolute Gasteiger partial charge is 0.253 e. The van der Waals surface area contributed by atoms with Crippen molar-refractivity contribution in [3.8, 4) is 0 Å². The molecular formula is C20H24N4O2. The van der Waals surface area contributed by atoms with Gasteiger partial charge in [-0.05, 0) is 38.1 Å². The third-order valence-corrected chi connectivity index (χ3v) is 4.34. The Hall–Kier alpha value is -2.89. The summed E-state index contributed by atoms with van der Waals surface area (Å²) >= 11 is 0. The third-order valence-electron chi connectivity index (χ3n) is 4.34. The van der Waals surface area contributed by atoms with E-state index in [1.165, 1.54) is 0 Å². The Bertz CT molecular complexity index is 751. The van der Waals surface area contributed by atoms with Crippen LogP contribution >= 0.6 is 0 Å². The van der Waals surface area contributed by atoms with Crippen LogP contribution in [-0.2, 0) is 0 Å². The molecule has 0 radical (unpaired) electrons. The summed E-state index contributed by atoms with van der Waals surface area (Å²) in [6.45, 7) is 6.62. The van der Waals surface area contributed by atoms with Crippen LogP contribution in [0.5, 0.6) is 0 Å². The molecule has 3 rings (SSSR count). The number of nitrogens with zero attached hydrogens (tertiary/aromatic N) is 3. The molecule has 1 aromatic carbocycles. The van der Waals surface area contributed by atoms with Gasteiger partial charge in [-0.25, -0.2) is 4.98 Å². The Morgan fingerprint density at radius 1 is 0.962 bits per heavy atom. The topological polar surface area (TPSA) is 65.5 Å². The van der Waals surface area contributed by atoms with Crippen LogP contribution in [0, 0.1) is 0 Å². The van der Waals surface area contributed by atoms with Crippen molar-refractivity contribution in [2.24, 2.45) is 0 Å². The van der Waals surface area contributed by atoms with E-state index in [1.54, 1.807) is 12.3 Å². The second-order valence-electron chi connectivity index (χ2n) is 6.68. The van der Waals surface area contributed by atoms with Crippen molar-refractivity contribution < 1.29 is 9.59 Å². The van der Waals surface area contributed by atoms with Crippen molar-refractivity contribution in [3.63, 3.8) is 0 Å². The van der Waals surface area contributed by atoms with Gasteiger partial charge < -0.3 is 15.1 Å². The van der Waals surface area contributed by atoms with Crippen LogP contribution in [0.3, 0.4) is 0 Å². The summed E-state index contributed by atoms with van der Waals surface area (Å²) in [7, 11) is 0. The molecule has 6 heteroatoms. The summed E-state index contributed by atoms with van der Waals surface area (Å²) in [5.74, 6) is 0.786. The molecule has 1 N–H and O–H groups in total. The van der Waals surface area contributed by atoms with Gasteiger partial charge in [-0.15, -0.1) is 0 Å². The van der Waals surface area contributed by atoms with Gasteiger partial charge in [0.15, 0.2) is 0 Å². The van der Waals surface area contributed by atoms with Crippen molar-refractivity contribution in [2.75, 3.05) is 31.1 Å². The van der Waals surface area contributed by atoms with Gasteiger partial charge in [-0.3, -0.25) is 9.59 Å². The van der Waals surface area contributed by atoms with Crippen LogP contribution in [0.4, 0.5) is 5.82 Å². The minimum absolute atomic E-state index is 0.0684. The average molecular weight is 352 g/mol. The van der Waals surface area contributed by atoms with Crippen LogP contribution in [0.1, 0.15) is 34.6 Å². The first-order chi connectivity index (χ1) is 12.5. The fraction of sp³-hybridized carbons (Fsp3) is 0.350. The maximum Gasteiger partial charge on any atom is 0.253 e. The second kappa shape index (κ2) is 7.99. The number of carbonyl (C=O) groups excluding carboxylic acids is 2. The molecule has 0 unspecified atom stereocenters. The number of pyridine rings is 1. The van der Waals surface area contributed by atoms with E-state index in [2.05, 4.69) is 15.2 Å². The summed E-state index contributed by atoms with van der Waals surface area (Å²) in [5.41, 5.74) is 1.28. The minimum atomic E-state index is -0.114. The Balaban J connectivity index is 1.58. The van der Waals surface area contributed by atoms with E-state index in [0.717, 1.165) is 24.5 Å². The van der Waals surface area contributed by atoms with E-state index in [0.29, 0.717) is 18.7 Å². The Kier molecular flexibility index (Phi) is 5.51. The molecule has 1 saturated heterocycles. The molecule has 2 amide bonds. The first kappa shape index (κ1) is 17.9. The predicted octanol–water partition coefficient (Wildman–Crippen LogP) is 2.18. The van der Waals surface area contributed by atoms with E-state index < -0.39 is 0 Å². The number of piperazine rings is 1. The molecule has 2 aromatic rings. The zero-order valence-corrected chi connectivity index (χ0v) is 15.2. The molecule has 1 aliphatic rings. The first-order valence-electron chi connectivity index (χ1n) is 8.91. The number of hydrogen-bond acceptors (Lipinski definition) is 4. The fourth-order valence-electron chi connectivity index (χ4n) is 2.95. The highest BCUT2D eigenvalue weighted by atomic mass is 16.2. The van der Waals surface area contributed by atoms with Crippen molar-refractivity contribution in [2.45, 2.75) is 19.9 Å². The molecule has 0 spiro atoms. The number of anilines is 1. The molecule has 136 valence electrons. The normalized spacial score (nSPS) is 14.4. The van der Waals surface area contributed by atoms with Gasteiger partial charge in [-0.1, -0.05) is 18.2 Å². The molecular weight excluding hydrogens is 328 g/mol. The maximum atomic E-state index is 12.5. The van der Waals surface area contributed by atoms with Gasteiger partial charge in [-0.2, -0.15) is 0 Å². The summed E-state index contributed by atoms with van der Waals surface area (Å²) in [6.07, 6.45) is 1.61. The quantitative estimate of drug-likeness (QED) is 0.916. The van der Waals surface area contributed by atoms with Crippen LogP contribution in [0.15, 0.2) is 48.7 Å². The van der Waals surface area contributed by atoms with Gasteiger partial charge in [0, 0.05) is 44.0 Å². The molecule has 0 aliphatic carbocycles. The number of benzene rings is 1. The lowest BCUT2D eigenvalue weighted by Gasteiger charge is -2.35. The van der Waals surface area contributed by atoms with E-state index in [9.17, 15) is 9.59 Å². The maximum absolute atomic E-state index is 12.5. The molecule has 6 nitrogen and oxygen atoms in total. The fourth-order valence-corrected chi connectivity index (χ4v) is 2.95. The average Bonchev–Trinajstić information content (AvgIpc) is 2.68. The van der Waals surface area contributed by atoms with Crippen molar-refractivity contribution in [3.05, 3.63) is 59.8 Å². The van der Waals surface area contributed by atoms with Gasteiger partial charge >= 0.3 is 0 Å². The van der Waals surface area contributed by atoms with E-state index >= 15 is 0 Å². The Morgan fingerprint density at radius 2 is 1.65 bits per heavy atom. The molecule has 2 heterocycles. The van der Waals surface area contributed by atoms with Crippen molar-refractivity contribution in [1.29, 1.82) is 0 Å². The standard InChI is InChI=1S/C20H24N4O2/c1-15(2)22-19(25)17-8-9-18(21-14-17)23-10-12-24(13-11-23)20(26)16-6-4-3-5-7-16/h3-9,14-15H,10-13H2,1-2H3,(H,22,25). The number of aromatic nitrogens is 1. The summed E-state index contributed by atoms with van der Waals surface area (Å²) < 4.78 is 0. The van der Waals surface area contributed by atoms with Crippen LogP contribution in [0.25, 0.3) is 0 Å². The SMILES string of the molecule is CC(C)NC(=O)c1ccc(N2CCN(C(=O)c3ccccc3)CC2)nc1. The number of amides is 2. The molecule has 1 aliphatic heterocycles. The molecule has 0 atom stereocenters. The number of carbonyl (C=O) groups is 2. The zero-order valence-electron chi connectivity index (χ0n) is 15.2. The second-order valence-corrected chi connectivity index (χ2v) is 6.68. The van der Waals surface area contributed by atoms with Gasteiger partial charge in [0.2, 0.25) is 0 Å².